The number of aromatic nitrogens is 1. The van der Waals surface area contributed by atoms with Gasteiger partial charge >= 0.3 is 0 Å². The summed E-state index contributed by atoms with van der Waals surface area (Å²) in [5.74, 6) is 0.109. The number of nitrogens with zero attached hydrogens (tertiary/aromatic N) is 3. The molecule has 194 valence electrons. The fourth-order valence-corrected chi connectivity index (χ4v) is 4.61. The number of benzene rings is 1. The SMILES string of the molecule is CC(C)N=CC(=CN)CC1(C(=O)c2ccccn2)CC(=CN)C(=Nc2ccc(F)cc2)C=C1CCSN. The highest BCUT2D eigenvalue weighted by molar-refractivity contribution is 7.97. The second kappa shape index (κ2) is 13.1. The first-order valence-electron chi connectivity index (χ1n) is 12.0. The third kappa shape index (κ3) is 7.02. The number of rotatable bonds is 10. The van der Waals surface area contributed by atoms with Crippen molar-refractivity contribution in [1.29, 1.82) is 0 Å². The Hall–Kier alpha value is -3.56. The maximum Gasteiger partial charge on any atom is 0.192 e. The van der Waals surface area contributed by atoms with Crippen LogP contribution in [0.15, 0.2) is 93.8 Å². The summed E-state index contributed by atoms with van der Waals surface area (Å²) < 4.78 is 13.5. The second-order valence-corrected chi connectivity index (χ2v) is 9.79. The third-order valence-electron chi connectivity index (χ3n) is 6.10. The third-order valence-corrected chi connectivity index (χ3v) is 6.54. The Morgan fingerprint density at radius 3 is 2.57 bits per heavy atom. The number of allylic oxidation sites excluding steroid dienone is 4. The Morgan fingerprint density at radius 2 is 1.97 bits per heavy atom. The van der Waals surface area contributed by atoms with Gasteiger partial charge in [-0.1, -0.05) is 23.6 Å². The van der Waals surface area contributed by atoms with Crippen molar-refractivity contribution >= 4 is 35.3 Å². The van der Waals surface area contributed by atoms with Crippen LogP contribution >= 0.6 is 11.9 Å². The van der Waals surface area contributed by atoms with E-state index in [9.17, 15) is 9.18 Å². The average molecular weight is 521 g/mol. The van der Waals surface area contributed by atoms with Crippen LogP contribution < -0.4 is 16.6 Å². The molecule has 2 aromatic rings. The van der Waals surface area contributed by atoms with Crippen molar-refractivity contribution in [3.63, 3.8) is 0 Å². The van der Waals surface area contributed by atoms with Crippen LogP contribution in [0.2, 0.25) is 0 Å². The Bertz CT molecular complexity index is 1240. The normalized spacial score (nSPS) is 20.7. The molecule has 0 saturated heterocycles. The number of hydrogen-bond donors (Lipinski definition) is 3. The molecule has 0 fully saturated rings. The lowest BCUT2D eigenvalue weighted by molar-refractivity contribution is 0.0829. The summed E-state index contributed by atoms with van der Waals surface area (Å²) in [6.07, 6.45) is 9.31. The zero-order chi connectivity index (χ0) is 26.8. The minimum absolute atomic E-state index is 0.0707. The van der Waals surface area contributed by atoms with E-state index in [0.29, 0.717) is 41.3 Å². The molecular formula is C28H33FN6OS. The molecule has 0 saturated carbocycles. The van der Waals surface area contributed by atoms with Crippen LogP contribution in [-0.2, 0) is 0 Å². The quantitative estimate of drug-likeness (QED) is 0.228. The highest BCUT2D eigenvalue weighted by Gasteiger charge is 2.46. The summed E-state index contributed by atoms with van der Waals surface area (Å²) in [7, 11) is 0. The molecule has 7 nitrogen and oxygen atoms in total. The smallest absolute Gasteiger partial charge is 0.192 e. The van der Waals surface area contributed by atoms with E-state index in [1.807, 2.05) is 19.9 Å². The molecule has 0 radical (unpaired) electrons. The van der Waals surface area contributed by atoms with E-state index in [1.54, 1.807) is 42.7 Å². The van der Waals surface area contributed by atoms with E-state index in [1.165, 1.54) is 36.5 Å². The lowest BCUT2D eigenvalue weighted by Gasteiger charge is -2.39. The summed E-state index contributed by atoms with van der Waals surface area (Å²) in [4.78, 5) is 27.8. The van der Waals surface area contributed by atoms with Gasteiger partial charge in [0.15, 0.2) is 5.78 Å². The molecule has 1 aromatic carbocycles. The van der Waals surface area contributed by atoms with Crippen molar-refractivity contribution in [1.82, 2.24) is 4.98 Å². The summed E-state index contributed by atoms with van der Waals surface area (Å²) in [6.45, 7) is 3.94. The lowest BCUT2D eigenvalue weighted by atomic mass is 9.63. The van der Waals surface area contributed by atoms with E-state index in [-0.39, 0.29) is 24.1 Å². The van der Waals surface area contributed by atoms with Gasteiger partial charge in [-0.25, -0.2) is 9.38 Å². The highest BCUT2D eigenvalue weighted by Crippen LogP contribution is 2.47. The molecule has 1 atom stereocenters. The molecule has 1 aliphatic carbocycles. The summed E-state index contributed by atoms with van der Waals surface area (Å²) in [5.41, 5.74) is 14.9. The molecule has 1 heterocycles. The van der Waals surface area contributed by atoms with Crippen molar-refractivity contribution in [2.24, 2.45) is 32.0 Å². The summed E-state index contributed by atoms with van der Waals surface area (Å²) in [6, 6.07) is 11.2. The number of nitrogens with two attached hydrogens (primary N) is 3. The topological polar surface area (TPSA) is 133 Å². The van der Waals surface area contributed by atoms with Crippen LogP contribution in [-0.4, -0.2) is 34.5 Å². The van der Waals surface area contributed by atoms with Gasteiger partial charge in [0, 0.05) is 24.2 Å². The molecule has 1 aliphatic rings. The van der Waals surface area contributed by atoms with E-state index >= 15 is 0 Å². The fourth-order valence-electron chi connectivity index (χ4n) is 4.27. The van der Waals surface area contributed by atoms with Crippen LogP contribution in [0.1, 0.15) is 43.6 Å². The van der Waals surface area contributed by atoms with Crippen LogP contribution in [0.3, 0.4) is 0 Å². The Balaban J connectivity index is 2.22. The predicted molar refractivity (Wildman–Crippen MR) is 151 cm³/mol. The van der Waals surface area contributed by atoms with E-state index in [2.05, 4.69) is 9.98 Å². The van der Waals surface area contributed by atoms with Crippen LogP contribution in [0.4, 0.5) is 10.1 Å². The van der Waals surface area contributed by atoms with Crippen LogP contribution in [0, 0.1) is 11.2 Å². The Labute approximate surface area is 221 Å². The molecule has 6 N–H and O–H groups in total. The molecule has 9 heteroatoms. The first kappa shape index (κ1) is 28.0. The number of ketones is 1. The Kier molecular flexibility index (Phi) is 9.93. The monoisotopic (exact) mass is 520 g/mol. The van der Waals surface area contributed by atoms with Crippen molar-refractivity contribution in [3.05, 3.63) is 95.4 Å². The predicted octanol–water partition coefficient (Wildman–Crippen LogP) is 5.04. The largest absolute Gasteiger partial charge is 0.404 e. The minimum atomic E-state index is -1.02. The van der Waals surface area contributed by atoms with Crippen molar-refractivity contribution in [3.8, 4) is 0 Å². The molecule has 1 unspecified atom stereocenters. The molecule has 1 aromatic heterocycles. The van der Waals surface area contributed by atoms with E-state index in [0.717, 1.165) is 11.1 Å². The molecule has 0 bridgehead atoms. The van der Waals surface area contributed by atoms with Gasteiger partial charge in [-0.2, -0.15) is 0 Å². The standard InChI is InChI=1S/C28H33FN6OS/c1-19(2)34-18-20(16-30)14-28(27(36)25-5-3-4-11-33-25)15-21(17-31)26(13-22(28)10-12-37-32)35-24-8-6-23(29)7-9-24/h3-9,11,13,16-19H,10,12,14-15,30-32H2,1-2H3. The zero-order valence-corrected chi connectivity index (χ0v) is 21.9. The maximum atomic E-state index is 14.2. The second-order valence-electron chi connectivity index (χ2n) is 9.05. The number of carbonyl (C=O) groups excluding carboxylic acids is 1. The molecule has 0 aliphatic heterocycles. The van der Waals surface area contributed by atoms with E-state index < -0.39 is 5.41 Å². The molecular weight excluding hydrogens is 487 g/mol. The van der Waals surface area contributed by atoms with Gasteiger partial charge in [-0.15, -0.1) is 0 Å². The summed E-state index contributed by atoms with van der Waals surface area (Å²) >= 11 is 1.20. The van der Waals surface area contributed by atoms with Gasteiger partial charge in [0.1, 0.15) is 11.5 Å². The van der Waals surface area contributed by atoms with Gasteiger partial charge in [0.05, 0.1) is 16.8 Å². The molecule has 0 amide bonds. The highest BCUT2D eigenvalue weighted by atomic mass is 32.2. The molecule has 37 heavy (non-hydrogen) atoms. The van der Waals surface area contributed by atoms with Gasteiger partial charge in [-0.3, -0.25) is 19.9 Å². The number of carbonyl (C=O) groups is 1. The maximum absolute atomic E-state index is 14.2. The van der Waals surface area contributed by atoms with E-state index in [4.69, 9.17) is 21.6 Å². The number of Topliss-reactive ketones (excluding diaryl/α,β-unsaturated/α-hetero) is 1. The zero-order valence-electron chi connectivity index (χ0n) is 21.1. The van der Waals surface area contributed by atoms with Crippen LogP contribution in [0.5, 0.6) is 0 Å². The molecule has 0 spiro atoms. The Morgan fingerprint density at radius 1 is 1.22 bits per heavy atom. The lowest BCUT2D eigenvalue weighted by Crippen LogP contribution is -2.39. The van der Waals surface area contributed by atoms with Gasteiger partial charge in [0.25, 0.3) is 0 Å². The van der Waals surface area contributed by atoms with Gasteiger partial charge < -0.3 is 11.5 Å². The van der Waals surface area contributed by atoms with Crippen LogP contribution in [0.25, 0.3) is 0 Å². The fraction of sp³-hybridized carbons (Fsp3) is 0.286. The van der Waals surface area contributed by atoms with Crippen molar-refractivity contribution in [2.45, 2.75) is 39.2 Å². The van der Waals surface area contributed by atoms with Crippen molar-refractivity contribution < 1.29 is 9.18 Å². The van der Waals surface area contributed by atoms with Gasteiger partial charge in [0.2, 0.25) is 0 Å². The summed E-state index contributed by atoms with van der Waals surface area (Å²) in [5, 5.41) is 5.80. The number of pyridine rings is 1. The average Bonchev–Trinajstić information content (AvgIpc) is 2.91. The van der Waals surface area contributed by atoms with Gasteiger partial charge in [-0.05, 0) is 99.1 Å². The van der Waals surface area contributed by atoms with Crippen molar-refractivity contribution in [2.75, 3.05) is 5.75 Å². The number of hydrogen-bond acceptors (Lipinski definition) is 8. The first-order chi connectivity index (χ1) is 17.8. The minimum Gasteiger partial charge on any atom is -0.404 e. The number of halogens is 1. The molecule has 3 rings (SSSR count). The number of aliphatic imine (C=N–C) groups is 2. The first-order valence-corrected chi connectivity index (χ1v) is 13.1.